The van der Waals surface area contributed by atoms with Crippen molar-refractivity contribution in [3.8, 4) is 16.9 Å². The first kappa shape index (κ1) is 11.0. The summed E-state index contributed by atoms with van der Waals surface area (Å²) in [4.78, 5) is 0. The van der Waals surface area contributed by atoms with E-state index < -0.39 is 0 Å². The highest BCUT2D eigenvalue weighted by Gasteiger charge is 2.14. The summed E-state index contributed by atoms with van der Waals surface area (Å²) in [5, 5.41) is 14.1. The minimum atomic E-state index is 0.194. The molecule has 3 N–H and O–H groups in total. The molecule has 16 heavy (non-hydrogen) atoms. The molecule has 0 aliphatic heterocycles. The zero-order valence-electron chi connectivity index (χ0n) is 9.03. The maximum atomic E-state index is 10.0. The number of anilines is 1. The number of aryl methyl sites for hydroxylation is 2. The lowest BCUT2D eigenvalue weighted by atomic mass is 10.1. The van der Waals surface area contributed by atoms with Crippen molar-refractivity contribution in [2.24, 2.45) is 7.05 Å². The maximum Gasteiger partial charge on any atom is 0.138 e. The Balaban J connectivity index is 2.66. The number of nitrogens with two attached hydrogens (primary N) is 1. The third kappa shape index (κ3) is 1.57. The molecule has 2 aromatic rings. The predicted octanol–water partition coefficient (Wildman–Crippen LogP) is 2.45. The van der Waals surface area contributed by atoms with E-state index in [9.17, 15) is 5.11 Å². The molecule has 1 heterocycles. The van der Waals surface area contributed by atoms with Gasteiger partial charge in [-0.05, 0) is 28.4 Å². The molecule has 5 heteroatoms. The van der Waals surface area contributed by atoms with Crippen molar-refractivity contribution in [3.63, 3.8) is 0 Å². The molecule has 2 rings (SSSR count). The molecule has 0 saturated carbocycles. The summed E-state index contributed by atoms with van der Waals surface area (Å²) >= 11 is 3.34. The minimum Gasteiger partial charge on any atom is -0.506 e. The van der Waals surface area contributed by atoms with E-state index in [0.717, 1.165) is 11.1 Å². The second-order valence-corrected chi connectivity index (χ2v) is 4.45. The van der Waals surface area contributed by atoms with Gasteiger partial charge in [-0.2, -0.15) is 5.10 Å². The van der Waals surface area contributed by atoms with Crippen LogP contribution in [-0.4, -0.2) is 14.9 Å². The van der Waals surface area contributed by atoms with Crippen LogP contribution in [0.15, 0.2) is 22.8 Å². The zero-order valence-corrected chi connectivity index (χ0v) is 10.6. The van der Waals surface area contributed by atoms with Crippen molar-refractivity contribution in [1.82, 2.24) is 9.78 Å². The van der Waals surface area contributed by atoms with Gasteiger partial charge in [-0.25, -0.2) is 0 Å². The molecule has 1 aromatic heterocycles. The van der Waals surface area contributed by atoms with Crippen LogP contribution in [0, 0.1) is 6.92 Å². The molecule has 0 amide bonds. The van der Waals surface area contributed by atoms with Crippen LogP contribution in [0.3, 0.4) is 0 Å². The normalized spacial score (nSPS) is 10.7. The van der Waals surface area contributed by atoms with E-state index in [1.54, 1.807) is 17.9 Å². The predicted molar refractivity (Wildman–Crippen MR) is 67.2 cm³/mol. The fourth-order valence-corrected chi connectivity index (χ4v) is 1.88. The molecule has 84 valence electrons. The maximum absolute atomic E-state index is 10.0. The first-order valence-electron chi connectivity index (χ1n) is 4.78. The van der Waals surface area contributed by atoms with Gasteiger partial charge in [0.05, 0.1) is 10.7 Å². The van der Waals surface area contributed by atoms with Gasteiger partial charge in [0, 0.05) is 18.2 Å². The van der Waals surface area contributed by atoms with Crippen molar-refractivity contribution >= 4 is 21.7 Å². The van der Waals surface area contributed by atoms with Crippen LogP contribution >= 0.6 is 15.9 Å². The van der Waals surface area contributed by atoms with Gasteiger partial charge in [0.1, 0.15) is 11.6 Å². The average molecular weight is 282 g/mol. The Labute approximate surface area is 102 Å². The second-order valence-electron chi connectivity index (χ2n) is 3.66. The van der Waals surface area contributed by atoms with E-state index in [-0.39, 0.29) is 5.75 Å². The molecule has 4 nitrogen and oxygen atoms in total. The molecule has 0 bridgehead atoms. The van der Waals surface area contributed by atoms with Gasteiger partial charge in [0.25, 0.3) is 0 Å². The molecule has 0 fully saturated rings. The second kappa shape index (κ2) is 3.83. The number of benzene rings is 1. The fourth-order valence-electron chi connectivity index (χ4n) is 1.54. The van der Waals surface area contributed by atoms with E-state index in [0.29, 0.717) is 15.9 Å². The van der Waals surface area contributed by atoms with Gasteiger partial charge in [0.15, 0.2) is 0 Å². The van der Waals surface area contributed by atoms with E-state index in [1.807, 2.05) is 19.1 Å². The minimum absolute atomic E-state index is 0.194. The Morgan fingerprint density at radius 1 is 1.38 bits per heavy atom. The van der Waals surface area contributed by atoms with Crippen LogP contribution < -0.4 is 5.73 Å². The van der Waals surface area contributed by atoms with Crippen LogP contribution in [0.2, 0.25) is 0 Å². The number of halogens is 1. The summed E-state index contributed by atoms with van der Waals surface area (Å²) in [6.45, 7) is 1.92. The standard InChI is InChI=1S/C11H12BrN3O/c1-6-3-4-7(10(16)9(6)12)8-5-14-15(2)11(8)13/h3-5,16H,13H2,1-2H3. The number of phenolic OH excluding ortho intramolecular Hbond substituents is 1. The number of aromatic hydroxyl groups is 1. The van der Waals surface area contributed by atoms with Crippen LogP contribution in [0.1, 0.15) is 5.56 Å². The van der Waals surface area contributed by atoms with Crippen LogP contribution in [0.25, 0.3) is 11.1 Å². The lowest BCUT2D eigenvalue weighted by Gasteiger charge is -2.07. The van der Waals surface area contributed by atoms with Crippen molar-refractivity contribution in [2.45, 2.75) is 6.92 Å². The lowest BCUT2D eigenvalue weighted by molar-refractivity contribution is 0.473. The van der Waals surface area contributed by atoms with E-state index in [4.69, 9.17) is 5.73 Å². The summed E-state index contributed by atoms with van der Waals surface area (Å²) < 4.78 is 2.26. The fraction of sp³-hybridized carbons (Fsp3) is 0.182. The summed E-state index contributed by atoms with van der Waals surface area (Å²) in [7, 11) is 1.76. The van der Waals surface area contributed by atoms with E-state index >= 15 is 0 Å². The monoisotopic (exact) mass is 281 g/mol. The highest BCUT2D eigenvalue weighted by molar-refractivity contribution is 9.10. The number of nitrogen functional groups attached to an aromatic ring is 1. The Morgan fingerprint density at radius 2 is 2.06 bits per heavy atom. The highest BCUT2D eigenvalue weighted by atomic mass is 79.9. The molecule has 0 saturated heterocycles. The SMILES string of the molecule is Cc1ccc(-c2cnn(C)c2N)c(O)c1Br. The topological polar surface area (TPSA) is 64.1 Å². The number of phenols is 1. The molecule has 0 unspecified atom stereocenters. The largest absolute Gasteiger partial charge is 0.506 e. The summed E-state index contributed by atoms with van der Waals surface area (Å²) in [6.07, 6.45) is 1.64. The average Bonchev–Trinajstić information content (AvgIpc) is 2.58. The Hall–Kier alpha value is -1.49. The summed E-state index contributed by atoms with van der Waals surface area (Å²) in [5.41, 5.74) is 8.26. The van der Waals surface area contributed by atoms with Gasteiger partial charge in [-0.1, -0.05) is 12.1 Å². The molecule has 0 atom stereocenters. The lowest BCUT2D eigenvalue weighted by Crippen LogP contribution is -1.98. The Bertz CT molecular complexity index is 548. The number of hydrogen-bond acceptors (Lipinski definition) is 3. The molecule has 1 aromatic carbocycles. The summed E-state index contributed by atoms with van der Waals surface area (Å²) in [6, 6.07) is 3.76. The number of hydrogen-bond donors (Lipinski definition) is 2. The van der Waals surface area contributed by atoms with Crippen molar-refractivity contribution < 1.29 is 5.11 Å². The van der Waals surface area contributed by atoms with Crippen LogP contribution in [-0.2, 0) is 7.05 Å². The quantitative estimate of drug-likeness (QED) is 0.844. The van der Waals surface area contributed by atoms with Gasteiger partial charge in [0.2, 0.25) is 0 Å². The van der Waals surface area contributed by atoms with Crippen LogP contribution in [0.4, 0.5) is 5.82 Å². The van der Waals surface area contributed by atoms with Crippen molar-refractivity contribution in [2.75, 3.05) is 5.73 Å². The first-order valence-corrected chi connectivity index (χ1v) is 5.57. The van der Waals surface area contributed by atoms with Crippen molar-refractivity contribution in [3.05, 3.63) is 28.4 Å². The highest BCUT2D eigenvalue weighted by Crippen LogP contribution is 2.39. The molecule has 0 radical (unpaired) electrons. The van der Waals surface area contributed by atoms with Gasteiger partial charge in [-0.15, -0.1) is 0 Å². The zero-order chi connectivity index (χ0) is 11.9. The number of rotatable bonds is 1. The Morgan fingerprint density at radius 3 is 2.62 bits per heavy atom. The van der Waals surface area contributed by atoms with E-state index in [1.165, 1.54) is 0 Å². The summed E-state index contributed by atoms with van der Waals surface area (Å²) in [5.74, 6) is 0.728. The smallest absolute Gasteiger partial charge is 0.138 e. The molecule has 0 spiro atoms. The van der Waals surface area contributed by atoms with Gasteiger partial charge < -0.3 is 10.8 Å². The third-order valence-electron chi connectivity index (χ3n) is 2.58. The molecular formula is C11H12BrN3O. The third-order valence-corrected chi connectivity index (χ3v) is 3.59. The molecule has 0 aliphatic rings. The van der Waals surface area contributed by atoms with Gasteiger partial charge >= 0.3 is 0 Å². The Kier molecular flexibility index (Phi) is 2.63. The number of aromatic nitrogens is 2. The molecule has 0 aliphatic carbocycles. The number of nitrogens with zero attached hydrogens (tertiary/aromatic N) is 2. The van der Waals surface area contributed by atoms with Crippen LogP contribution in [0.5, 0.6) is 5.75 Å². The van der Waals surface area contributed by atoms with E-state index in [2.05, 4.69) is 21.0 Å². The van der Waals surface area contributed by atoms with Gasteiger partial charge in [-0.3, -0.25) is 4.68 Å². The molecular weight excluding hydrogens is 270 g/mol. The first-order chi connectivity index (χ1) is 7.52. The van der Waals surface area contributed by atoms with Crippen molar-refractivity contribution in [1.29, 1.82) is 0 Å².